The normalized spacial score (nSPS) is 11.8. The molecule has 10 nitrogen and oxygen atoms in total. The van der Waals surface area contributed by atoms with Gasteiger partial charge in [0.25, 0.3) is 5.91 Å². The van der Waals surface area contributed by atoms with E-state index in [9.17, 15) is 24.3 Å². The second-order valence-corrected chi connectivity index (χ2v) is 14.1. The molecule has 0 aliphatic carbocycles. The van der Waals surface area contributed by atoms with Crippen molar-refractivity contribution in [2.45, 2.75) is 90.0 Å². The van der Waals surface area contributed by atoms with Crippen LogP contribution in [0.15, 0.2) is 85.2 Å². The Hall–Kier alpha value is -5.22. The van der Waals surface area contributed by atoms with Gasteiger partial charge in [0.05, 0.1) is 45.9 Å². The van der Waals surface area contributed by atoms with Crippen LogP contribution in [0.4, 0.5) is 5.69 Å². The van der Waals surface area contributed by atoms with Crippen molar-refractivity contribution in [3.8, 4) is 11.3 Å². The molecule has 0 radical (unpaired) electrons. The summed E-state index contributed by atoms with van der Waals surface area (Å²) in [6, 6.07) is 19.5. The molecular weight excluding hydrogens is 704 g/mol. The maximum atomic E-state index is 14.8. The molecule has 0 bridgehead atoms. The van der Waals surface area contributed by atoms with Crippen LogP contribution in [0.25, 0.3) is 22.2 Å². The smallest absolute Gasteiger partial charge is 0.338 e. The van der Waals surface area contributed by atoms with E-state index in [1.54, 1.807) is 6.07 Å². The average Bonchev–Trinajstić information content (AvgIpc) is 3.78. The fourth-order valence-corrected chi connectivity index (χ4v) is 6.97. The number of ketones is 1. The fourth-order valence-electron chi connectivity index (χ4n) is 6.80. The van der Waals surface area contributed by atoms with Gasteiger partial charge in [0.15, 0.2) is 11.8 Å². The molecule has 1 amide bonds. The van der Waals surface area contributed by atoms with Crippen LogP contribution in [0.2, 0.25) is 5.02 Å². The summed E-state index contributed by atoms with van der Waals surface area (Å²) in [7, 11) is 1.84. The second kappa shape index (κ2) is 19.7. The van der Waals surface area contributed by atoms with Crippen LogP contribution in [0.3, 0.4) is 0 Å². The SMILES string of the molecule is CCCCCCCCCCCCCCOC(=O)c1ccc(Cl)c(NC(=O)C(C(=O)c2c(-c3ccccc3)n(C)c3ccccc23)n2cc(C(=O)O)cn2)c1. The number of carbonyl (C=O) groups excluding carboxylic acids is 3. The van der Waals surface area contributed by atoms with Crippen molar-refractivity contribution in [3.05, 3.63) is 107 Å². The van der Waals surface area contributed by atoms with Gasteiger partial charge in [-0.2, -0.15) is 5.10 Å². The first-order valence-corrected chi connectivity index (χ1v) is 19.3. The summed E-state index contributed by atoms with van der Waals surface area (Å²) in [6.45, 7) is 2.51. The summed E-state index contributed by atoms with van der Waals surface area (Å²) in [5, 5.41) is 17.2. The third kappa shape index (κ3) is 10.0. The minimum absolute atomic E-state index is 0.0890. The van der Waals surface area contributed by atoms with Gasteiger partial charge in [0, 0.05) is 24.1 Å². The van der Waals surface area contributed by atoms with Gasteiger partial charge >= 0.3 is 11.9 Å². The van der Waals surface area contributed by atoms with E-state index in [1.807, 2.05) is 60.1 Å². The zero-order valence-corrected chi connectivity index (χ0v) is 31.8. The number of nitrogens with zero attached hydrogens (tertiary/aromatic N) is 3. The Balaban J connectivity index is 1.29. The van der Waals surface area contributed by atoms with E-state index in [0.717, 1.165) is 47.4 Å². The summed E-state index contributed by atoms with van der Waals surface area (Å²) in [5.74, 6) is -3.26. The van der Waals surface area contributed by atoms with Crippen LogP contribution < -0.4 is 5.32 Å². The predicted octanol–water partition coefficient (Wildman–Crippen LogP) is 10.3. The number of halogens is 1. The number of carbonyl (C=O) groups is 4. The lowest BCUT2D eigenvalue weighted by atomic mass is 9.97. The first kappa shape index (κ1) is 40.0. The summed E-state index contributed by atoms with van der Waals surface area (Å²) in [4.78, 5) is 53.8. The van der Waals surface area contributed by atoms with Crippen molar-refractivity contribution >= 4 is 51.8 Å². The number of hydrogen-bond donors (Lipinski definition) is 2. The summed E-state index contributed by atoms with van der Waals surface area (Å²) >= 11 is 6.50. The van der Waals surface area contributed by atoms with Crippen molar-refractivity contribution in [2.24, 2.45) is 7.05 Å². The number of carboxylic acids is 1. The lowest BCUT2D eigenvalue weighted by molar-refractivity contribution is -0.118. The van der Waals surface area contributed by atoms with Crippen molar-refractivity contribution < 1.29 is 29.0 Å². The molecule has 5 rings (SSSR count). The monoisotopic (exact) mass is 752 g/mol. The van der Waals surface area contributed by atoms with Crippen LogP contribution in [-0.2, 0) is 16.6 Å². The standard InChI is InChI=1S/C43H49ClN4O6/c1-3-4-5-6-7-8-9-10-11-12-13-19-26-54-43(53)31-24-25-34(44)35(27-31)46-41(50)39(48-29-32(28-45-48)42(51)52)40(49)37-33-22-17-18-23-36(33)47(2)38(37)30-20-15-14-16-21-30/h14-18,20-25,27-29,39H,3-13,19,26H2,1-2H3,(H,46,50)(H,51,52). The Bertz CT molecular complexity index is 2050. The van der Waals surface area contributed by atoms with Gasteiger partial charge in [-0.15, -0.1) is 0 Å². The number of Topliss-reactive ketones (excluding diaryl/α,β-unsaturated/α-hetero) is 1. The minimum atomic E-state index is -1.64. The molecule has 1 atom stereocenters. The molecule has 2 N–H and O–H groups in total. The molecule has 0 saturated heterocycles. The van der Waals surface area contributed by atoms with Crippen molar-refractivity contribution in [3.63, 3.8) is 0 Å². The minimum Gasteiger partial charge on any atom is -0.478 e. The third-order valence-corrected chi connectivity index (χ3v) is 10.0. The predicted molar refractivity (Wildman–Crippen MR) is 212 cm³/mol. The Morgan fingerprint density at radius 3 is 2.09 bits per heavy atom. The van der Waals surface area contributed by atoms with Gasteiger partial charge in [0.2, 0.25) is 0 Å². The first-order valence-electron chi connectivity index (χ1n) is 18.9. The summed E-state index contributed by atoms with van der Waals surface area (Å²) in [5.41, 5.74) is 2.45. The summed E-state index contributed by atoms with van der Waals surface area (Å²) < 4.78 is 8.47. The lowest BCUT2D eigenvalue weighted by Crippen LogP contribution is -2.33. The Kier molecular flexibility index (Phi) is 14.6. The number of nitrogens with one attached hydrogen (secondary N) is 1. The van der Waals surface area contributed by atoms with Gasteiger partial charge in [-0.1, -0.05) is 138 Å². The Labute approximate surface area is 321 Å². The second-order valence-electron chi connectivity index (χ2n) is 13.7. The molecule has 0 saturated carbocycles. The number of benzene rings is 3. The number of ether oxygens (including phenoxy) is 1. The maximum absolute atomic E-state index is 14.8. The molecule has 0 fully saturated rings. The number of hydrogen-bond acceptors (Lipinski definition) is 6. The Morgan fingerprint density at radius 1 is 0.815 bits per heavy atom. The van der Waals surface area contributed by atoms with Gasteiger partial charge < -0.3 is 19.7 Å². The van der Waals surface area contributed by atoms with E-state index in [0.29, 0.717) is 11.1 Å². The van der Waals surface area contributed by atoms with Crippen LogP contribution in [0.1, 0.15) is 121 Å². The topological polar surface area (TPSA) is 133 Å². The number of para-hydroxylation sites is 1. The van der Waals surface area contributed by atoms with Crippen LogP contribution >= 0.6 is 11.6 Å². The molecule has 0 aliphatic heterocycles. The molecule has 2 aromatic heterocycles. The molecule has 2 heterocycles. The molecular formula is C43H49ClN4O6. The molecule has 0 aliphatic rings. The number of anilines is 1. The van der Waals surface area contributed by atoms with Crippen molar-refractivity contribution in [1.82, 2.24) is 14.3 Å². The highest BCUT2D eigenvalue weighted by molar-refractivity contribution is 6.34. The number of esters is 1. The molecule has 11 heteroatoms. The zero-order chi connectivity index (χ0) is 38.5. The van der Waals surface area contributed by atoms with E-state index in [4.69, 9.17) is 16.3 Å². The molecule has 0 spiro atoms. The average molecular weight is 753 g/mol. The number of fused-ring (bicyclic) bond motifs is 1. The summed E-state index contributed by atoms with van der Waals surface area (Å²) in [6.07, 6.45) is 16.6. The lowest BCUT2D eigenvalue weighted by Gasteiger charge is -2.18. The largest absolute Gasteiger partial charge is 0.478 e. The fraction of sp³-hybridized carbons (Fsp3) is 0.372. The van der Waals surface area contributed by atoms with E-state index in [-0.39, 0.29) is 34.0 Å². The van der Waals surface area contributed by atoms with E-state index in [1.165, 1.54) is 76.0 Å². The van der Waals surface area contributed by atoms with Gasteiger partial charge in [-0.05, 0) is 36.2 Å². The number of carboxylic acid groups (broad SMARTS) is 1. The van der Waals surface area contributed by atoms with Gasteiger partial charge in [0.1, 0.15) is 0 Å². The van der Waals surface area contributed by atoms with Crippen LogP contribution in [0, 0.1) is 0 Å². The number of aromatic carboxylic acids is 1. The molecule has 1 unspecified atom stereocenters. The number of amides is 1. The highest BCUT2D eigenvalue weighted by Gasteiger charge is 2.35. The first-order chi connectivity index (χ1) is 26.2. The molecule has 3 aromatic carbocycles. The van der Waals surface area contributed by atoms with E-state index < -0.39 is 29.7 Å². The highest BCUT2D eigenvalue weighted by atomic mass is 35.5. The Morgan fingerprint density at radius 2 is 1.44 bits per heavy atom. The highest BCUT2D eigenvalue weighted by Crippen LogP contribution is 2.36. The molecule has 284 valence electrons. The number of aromatic nitrogens is 3. The quantitative estimate of drug-likeness (QED) is 0.0330. The third-order valence-electron chi connectivity index (χ3n) is 9.70. The maximum Gasteiger partial charge on any atom is 0.338 e. The molecule has 5 aromatic rings. The van der Waals surface area contributed by atoms with Gasteiger partial charge in [-0.25, -0.2) is 9.59 Å². The number of rotatable bonds is 21. The zero-order valence-electron chi connectivity index (χ0n) is 31.1. The van der Waals surface area contributed by atoms with Crippen LogP contribution in [-0.4, -0.2) is 49.7 Å². The van der Waals surface area contributed by atoms with E-state index >= 15 is 0 Å². The van der Waals surface area contributed by atoms with Crippen molar-refractivity contribution in [2.75, 3.05) is 11.9 Å². The molecule has 54 heavy (non-hydrogen) atoms. The van der Waals surface area contributed by atoms with Crippen LogP contribution in [0.5, 0.6) is 0 Å². The van der Waals surface area contributed by atoms with E-state index in [2.05, 4.69) is 17.3 Å². The number of aryl methyl sites for hydroxylation is 1. The van der Waals surface area contributed by atoms with Gasteiger partial charge in [-0.3, -0.25) is 14.3 Å². The van der Waals surface area contributed by atoms with Crippen molar-refractivity contribution in [1.29, 1.82) is 0 Å². The number of unbranched alkanes of at least 4 members (excludes halogenated alkanes) is 11.